The summed E-state index contributed by atoms with van der Waals surface area (Å²) in [6.45, 7) is 6.88. The minimum Gasteiger partial charge on any atom is -0.321 e. The van der Waals surface area contributed by atoms with Crippen molar-refractivity contribution in [2.24, 2.45) is 0 Å². The Morgan fingerprint density at radius 1 is 0.651 bits per heavy atom. The number of nitrogens with one attached hydrogen (secondary N) is 5. The molecule has 0 spiro atoms. The lowest BCUT2D eigenvalue weighted by Gasteiger charge is -2.38. The Kier molecular flexibility index (Phi) is 14.5. The molecular formula is C43H49N8O9S3+. The molecule has 17 nitrogen and oxygen atoms in total. The van der Waals surface area contributed by atoms with Crippen molar-refractivity contribution in [1.29, 1.82) is 0 Å². The Morgan fingerprint density at radius 3 is 1.86 bits per heavy atom. The number of fused-ring (bicyclic) bond motifs is 1. The van der Waals surface area contributed by atoms with Crippen LogP contribution in [0.25, 0.3) is 10.9 Å². The second-order valence-corrected chi connectivity index (χ2v) is 19.8. The summed E-state index contributed by atoms with van der Waals surface area (Å²) < 4.78 is 92.0. The fourth-order valence-corrected chi connectivity index (χ4v) is 9.63. The standard InChI is InChI=1S/C43H48N8O9S3/c1-3-5-25-51(26-6-4-2,30-32-11-8-7-9-12-32)31-42(52)45-37-13-10-14-39(28-37)62(56,57)49-36-19-21-38(22-20-36)61(54,55)48-35-17-15-34(16-18-35)46-47-43(53)50-41-24-23-40(63(58,59)60)27-33(41)29-44-50/h7-24,27-29,46,48-49H,3-6,25-26,30-31H2,1-2H3,(H2-,45,47,52,53,58,59,60)/p+1. The van der Waals surface area contributed by atoms with Crippen molar-refractivity contribution >= 4 is 75.8 Å². The molecule has 63 heavy (non-hydrogen) atoms. The SMILES string of the molecule is CCCC[N+](CCCC)(CC(=O)Nc1cccc(S(=O)(=O)Nc2ccc(S(=O)(=O)Nc3ccc(NNC(=O)n4ncc5cc(S(=O)(=O)O)ccc54)cc3)cc2)c1)Cc1ccccc1. The summed E-state index contributed by atoms with van der Waals surface area (Å²) in [6.07, 6.45) is 5.18. The first-order chi connectivity index (χ1) is 30.0. The fourth-order valence-electron chi connectivity index (χ4n) is 6.95. The van der Waals surface area contributed by atoms with Crippen molar-refractivity contribution in [1.82, 2.24) is 15.2 Å². The average Bonchev–Trinajstić information content (AvgIpc) is 3.68. The number of carbonyl (C=O) groups is 2. The topological polar surface area (TPSA) is 235 Å². The summed E-state index contributed by atoms with van der Waals surface area (Å²) >= 11 is 0. The molecule has 0 bridgehead atoms. The third kappa shape index (κ3) is 12.2. The van der Waals surface area contributed by atoms with Gasteiger partial charge in [0.05, 0.1) is 45.2 Å². The number of amides is 2. The quantitative estimate of drug-likeness (QED) is 0.0259. The third-order valence-electron chi connectivity index (χ3n) is 10.1. The molecular weight excluding hydrogens is 869 g/mol. The van der Waals surface area contributed by atoms with Crippen molar-refractivity contribution in [3.05, 3.63) is 133 Å². The zero-order chi connectivity index (χ0) is 45.3. The molecule has 1 aromatic heterocycles. The van der Waals surface area contributed by atoms with Crippen molar-refractivity contribution in [2.75, 3.05) is 39.8 Å². The Morgan fingerprint density at radius 2 is 1.24 bits per heavy atom. The van der Waals surface area contributed by atoms with Crippen molar-refractivity contribution in [3.8, 4) is 0 Å². The minimum absolute atomic E-state index is 0.0927. The molecule has 0 unspecified atom stereocenters. The molecule has 0 aliphatic rings. The van der Waals surface area contributed by atoms with E-state index in [1.54, 1.807) is 12.1 Å². The number of quaternary nitrogens is 1. The number of rotatable bonds is 20. The summed E-state index contributed by atoms with van der Waals surface area (Å²) in [5, 5.41) is 7.18. The lowest BCUT2D eigenvalue weighted by molar-refractivity contribution is -0.934. The second kappa shape index (κ2) is 19.8. The fraction of sp³-hybridized carbons (Fsp3) is 0.233. The number of unbranched alkanes of at least 4 members (excludes halogenated alkanes) is 2. The number of benzene rings is 5. The molecule has 6 rings (SSSR count). The van der Waals surface area contributed by atoms with E-state index in [1.807, 2.05) is 18.2 Å². The van der Waals surface area contributed by atoms with E-state index in [0.717, 1.165) is 55.1 Å². The van der Waals surface area contributed by atoms with Crippen molar-refractivity contribution < 1.29 is 43.9 Å². The van der Waals surface area contributed by atoms with Gasteiger partial charge in [0.1, 0.15) is 6.54 Å². The molecule has 332 valence electrons. The summed E-state index contributed by atoms with van der Waals surface area (Å²) in [5.41, 5.74) is 7.56. The van der Waals surface area contributed by atoms with Crippen LogP contribution in [0, 0.1) is 0 Å². The van der Waals surface area contributed by atoms with Gasteiger partial charge >= 0.3 is 6.03 Å². The highest BCUT2D eigenvalue weighted by Gasteiger charge is 2.30. The predicted octanol–water partition coefficient (Wildman–Crippen LogP) is 7.03. The molecule has 20 heteroatoms. The number of aromatic nitrogens is 2. The van der Waals surface area contributed by atoms with Gasteiger partial charge in [-0.25, -0.2) is 27.1 Å². The molecule has 1 heterocycles. The van der Waals surface area contributed by atoms with Crippen LogP contribution in [0.3, 0.4) is 0 Å². The normalized spacial score (nSPS) is 12.1. The van der Waals surface area contributed by atoms with Gasteiger partial charge in [-0.05, 0) is 97.8 Å². The maximum absolute atomic E-state index is 13.6. The van der Waals surface area contributed by atoms with Crippen molar-refractivity contribution in [3.63, 3.8) is 0 Å². The molecule has 0 aliphatic heterocycles. The molecule has 5 aromatic carbocycles. The Hall–Kier alpha value is -6.32. The Bertz CT molecular complexity index is 2890. The van der Waals surface area contributed by atoms with Gasteiger partial charge in [-0.15, -0.1) is 0 Å². The molecule has 0 fully saturated rings. The van der Waals surface area contributed by atoms with E-state index in [4.69, 9.17) is 0 Å². The largest absolute Gasteiger partial charge is 0.361 e. The Labute approximate surface area is 366 Å². The van der Waals surface area contributed by atoms with E-state index < -0.39 is 36.2 Å². The molecule has 0 saturated carbocycles. The van der Waals surface area contributed by atoms with Gasteiger partial charge in [-0.3, -0.25) is 24.2 Å². The first kappa shape index (κ1) is 46.2. The Balaban J connectivity index is 1.04. The highest BCUT2D eigenvalue weighted by Crippen LogP contribution is 2.25. The minimum atomic E-state index is -4.44. The number of nitrogens with zero attached hydrogens (tertiary/aromatic N) is 3. The summed E-state index contributed by atoms with van der Waals surface area (Å²) in [5.74, 6) is -0.216. The van der Waals surface area contributed by atoms with Crippen LogP contribution in [0.2, 0.25) is 0 Å². The van der Waals surface area contributed by atoms with E-state index >= 15 is 0 Å². The van der Waals surface area contributed by atoms with Crippen LogP contribution >= 0.6 is 0 Å². The summed E-state index contributed by atoms with van der Waals surface area (Å²) in [6, 6.07) is 30.0. The van der Waals surface area contributed by atoms with Gasteiger partial charge < -0.3 is 9.80 Å². The number of hydrazine groups is 1. The van der Waals surface area contributed by atoms with E-state index in [0.29, 0.717) is 27.8 Å². The highest BCUT2D eigenvalue weighted by molar-refractivity contribution is 7.93. The lowest BCUT2D eigenvalue weighted by atomic mass is 10.1. The molecule has 0 saturated heterocycles. The molecule has 0 aliphatic carbocycles. The number of sulfonamides is 2. The van der Waals surface area contributed by atoms with Crippen LogP contribution in [0.5, 0.6) is 0 Å². The van der Waals surface area contributed by atoms with Crippen molar-refractivity contribution in [2.45, 2.75) is 60.8 Å². The molecule has 2 amide bonds. The predicted molar refractivity (Wildman–Crippen MR) is 241 cm³/mol. The van der Waals surface area contributed by atoms with Crippen LogP contribution in [-0.4, -0.2) is 75.6 Å². The maximum Gasteiger partial charge on any atom is 0.361 e. The average molecular weight is 918 g/mol. The lowest BCUT2D eigenvalue weighted by Crippen LogP contribution is -2.52. The molecule has 6 N–H and O–H groups in total. The monoisotopic (exact) mass is 917 g/mol. The summed E-state index contributed by atoms with van der Waals surface area (Å²) in [4.78, 5) is 25.8. The van der Waals surface area contributed by atoms with E-state index in [2.05, 4.69) is 56.7 Å². The van der Waals surface area contributed by atoms with Gasteiger partial charge in [0.2, 0.25) is 0 Å². The van der Waals surface area contributed by atoms with Crippen LogP contribution < -0.4 is 25.6 Å². The molecule has 0 atom stereocenters. The van der Waals surface area contributed by atoms with E-state index in [9.17, 15) is 39.4 Å². The number of hydrogen-bond acceptors (Lipinski definition) is 10. The number of hydrogen-bond donors (Lipinski definition) is 6. The first-order valence-corrected chi connectivity index (χ1v) is 24.5. The third-order valence-corrected chi connectivity index (χ3v) is 13.8. The van der Waals surface area contributed by atoms with Crippen LogP contribution in [0.4, 0.5) is 27.5 Å². The van der Waals surface area contributed by atoms with Crippen LogP contribution in [0.15, 0.2) is 142 Å². The molecule has 0 radical (unpaired) electrons. The van der Waals surface area contributed by atoms with Gasteiger partial charge in [0.25, 0.3) is 36.1 Å². The van der Waals surface area contributed by atoms with E-state index in [-0.39, 0.29) is 44.0 Å². The smallest absolute Gasteiger partial charge is 0.321 e. The van der Waals surface area contributed by atoms with Gasteiger partial charge in [-0.2, -0.15) is 18.2 Å². The van der Waals surface area contributed by atoms with Crippen LogP contribution in [0.1, 0.15) is 45.1 Å². The summed E-state index contributed by atoms with van der Waals surface area (Å²) in [7, 11) is -12.7. The zero-order valence-corrected chi connectivity index (χ0v) is 37.0. The maximum atomic E-state index is 13.6. The van der Waals surface area contributed by atoms with Gasteiger partial charge in [-0.1, -0.05) is 63.1 Å². The zero-order valence-electron chi connectivity index (χ0n) is 34.6. The number of carbonyl (C=O) groups excluding carboxylic acids is 2. The van der Waals surface area contributed by atoms with Gasteiger partial charge in [0, 0.05) is 28.0 Å². The number of anilines is 4. The highest BCUT2D eigenvalue weighted by atomic mass is 32.2. The molecule has 6 aromatic rings. The van der Waals surface area contributed by atoms with E-state index in [1.165, 1.54) is 79.0 Å². The van der Waals surface area contributed by atoms with Gasteiger partial charge in [0.15, 0.2) is 6.54 Å². The van der Waals surface area contributed by atoms with Crippen LogP contribution in [-0.2, 0) is 41.5 Å². The second-order valence-electron chi connectivity index (χ2n) is 15.0. The first-order valence-electron chi connectivity index (χ1n) is 20.1.